The lowest BCUT2D eigenvalue weighted by atomic mass is 10.1. The Kier molecular flexibility index (Phi) is 2.95. The molecule has 0 aromatic rings. The van der Waals surface area contributed by atoms with Crippen LogP contribution < -0.4 is 0 Å². The van der Waals surface area contributed by atoms with Crippen LogP contribution in [0.4, 0.5) is 0 Å². The number of carbonyl (C=O) groups is 1. The quantitative estimate of drug-likeness (QED) is 0.427. The van der Waals surface area contributed by atoms with Crippen LogP contribution in [0.25, 0.3) is 0 Å². The van der Waals surface area contributed by atoms with Gasteiger partial charge in [-0.1, -0.05) is 12.8 Å². The Bertz CT molecular complexity index is 167. The van der Waals surface area contributed by atoms with Crippen molar-refractivity contribution in [2.45, 2.75) is 32.8 Å². The highest BCUT2D eigenvalue weighted by Gasteiger charge is 2.21. The third-order valence-corrected chi connectivity index (χ3v) is 1.35. The molecule has 0 aromatic heterocycles. The summed E-state index contributed by atoms with van der Waals surface area (Å²) in [5.74, 6) is 2.09. The largest absolute Gasteiger partial charge is 0.446 e. The van der Waals surface area contributed by atoms with E-state index in [1.54, 1.807) is 6.92 Å². The van der Waals surface area contributed by atoms with Crippen molar-refractivity contribution in [1.29, 1.82) is 0 Å². The van der Waals surface area contributed by atoms with Crippen molar-refractivity contribution in [3.63, 3.8) is 0 Å². The lowest BCUT2D eigenvalue weighted by Gasteiger charge is -2.20. The summed E-state index contributed by atoms with van der Waals surface area (Å²) in [4.78, 5) is 10.5. The number of hydrogen-bond donors (Lipinski definition) is 0. The number of terminal acetylenes is 1. The Labute approximate surface area is 61.6 Å². The van der Waals surface area contributed by atoms with E-state index >= 15 is 0 Å². The van der Waals surface area contributed by atoms with Gasteiger partial charge in [0.05, 0.1) is 0 Å². The fourth-order valence-corrected chi connectivity index (χ4v) is 0.521. The van der Waals surface area contributed by atoms with Crippen LogP contribution in [0.15, 0.2) is 0 Å². The molecule has 0 aliphatic carbocycles. The third kappa shape index (κ3) is 2.54. The number of hydrogen-bond acceptors (Lipinski definition) is 2. The molecule has 2 heteroatoms. The monoisotopic (exact) mass is 140 g/mol. The smallest absolute Gasteiger partial charge is 0.304 e. The molecule has 1 atom stereocenters. The fraction of sp³-hybridized carbons (Fsp3) is 0.625. The first kappa shape index (κ1) is 9.03. The van der Waals surface area contributed by atoms with Crippen LogP contribution >= 0.6 is 0 Å². The van der Waals surface area contributed by atoms with E-state index in [1.165, 1.54) is 6.92 Å². The standard InChI is InChI=1S/C8H12O2/c1-5-8(4,6-2)10-7(3)9/h1H,6H2,2-4H3. The van der Waals surface area contributed by atoms with Crippen molar-refractivity contribution in [3.05, 3.63) is 0 Å². The third-order valence-electron chi connectivity index (χ3n) is 1.35. The lowest BCUT2D eigenvalue weighted by Crippen LogP contribution is -2.27. The molecule has 0 aromatic carbocycles. The van der Waals surface area contributed by atoms with Gasteiger partial charge in [-0.3, -0.25) is 4.79 Å². The first-order valence-corrected chi connectivity index (χ1v) is 3.21. The number of esters is 1. The molecular formula is C8H12O2. The maximum atomic E-state index is 10.5. The minimum atomic E-state index is -0.716. The minimum absolute atomic E-state index is 0.331. The Hall–Kier alpha value is -0.970. The average molecular weight is 140 g/mol. The summed E-state index contributed by atoms with van der Waals surface area (Å²) >= 11 is 0. The van der Waals surface area contributed by atoms with Gasteiger partial charge >= 0.3 is 5.97 Å². The summed E-state index contributed by atoms with van der Waals surface area (Å²) < 4.78 is 4.86. The molecular weight excluding hydrogens is 128 g/mol. The van der Waals surface area contributed by atoms with Crippen molar-refractivity contribution in [1.82, 2.24) is 0 Å². The molecule has 0 rings (SSSR count). The molecule has 0 amide bonds. The number of ether oxygens (including phenoxy) is 1. The van der Waals surface area contributed by atoms with E-state index in [0.29, 0.717) is 6.42 Å². The Morgan fingerprint density at radius 3 is 2.40 bits per heavy atom. The molecule has 0 saturated heterocycles. The Morgan fingerprint density at radius 1 is 1.80 bits per heavy atom. The highest BCUT2D eigenvalue weighted by Crippen LogP contribution is 2.12. The second-order valence-electron chi connectivity index (χ2n) is 2.32. The zero-order valence-corrected chi connectivity index (χ0v) is 6.60. The van der Waals surface area contributed by atoms with Gasteiger partial charge in [0.2, 0.25) is 0 Å². The summed E-state index contributed by atoms with van der Waals surface area (Å²) in [7, 11) is 0. The summed E-state index contributed by atoms with van der Waals surface area (Å²) in [6.45, 7) is 4.95. The number of rotatable bonds is 2. The first-order chi connectivity index (χ1) is 4.54. The molecule has 0 fully saturated rings. The van der Waals surface area contributed by atoms with Crippen molar-refractivity contribution < 1.29 is 9.53 Å². The van der Waals surface area contributed by atoms with Crippen LogP contribution in [-0.2, 0) is 9.53 Å². The number of carbonyl (C=O) groups excluding carboxylic acids is 1. The molecule has 2 nitrogen and oxygen atoms in total. The molecule has 0 radical (unpaired) electrons. The fourth-order valence-electron chi connectivity index (χ4n) is 0.521. The van der Waals surface area contributed by atoms with E-state index in [9.17, 15) is 4.79 Å². The van der Waals surface area contributed by atoms with E-state index in [1.807, 2.05) is 6.92 Å². The Morgan fingerprint density at radius 2 is 2.30 bits per heavy atom. The van der Waals surface area contributed by atoms with Gasteiger partial charge in [0.1, 0.15) is 0 Å². The molecule has 0 bridgehead atoms. The van der Waals surface area contributed by atoms with Gasteiger partial charge in [0, 0.05) is 6.92 Å². The normalized spacial score (nSPS) is 15.0. The molecule has 0 N–H and O–H groups in total. The summed E-state index contributed by atoms with van der Waals surface area (Å²) in [5.41, 5.74) is -0.716. The molecule has 56 valence electrons. The van der Waals surface area contributed by atoms with Gasteiger partial charge in [0.15, 0.2) is 5.60 Å². The summed E-state index contributed by atoms with van der Waals surface area (Å²) in [6, 6.07) is 0. The maximum Gasteiger partial charge on any atom is 0.304 e. The molecule has 0 saturated carbocycles. The van der Waals surface area contributed by atoms with Gasteiger partial charge in [-0.25, -0.2) is 0 Å². The zero-order chi connectivity index (χ0) is 8.20. The van der Waals surface area contributed by atoms with Gasteiger partial charge in [0.25, 0.3) is 0 Å². The topological polar surface area (TPSA) is 26.3 Å². The van der Waals surface area contributed by atoms with Gasteiger partial charge in [-0.15, -0.1) is 6.42 Å². The van der Waals surface area contributed by atoms with Crippen LogP contribution in [0.2, 0.25) is 0 Å². The summed E-state index contributed by atoms with van der Waals surface area (Å²) in [6.07, 6.45) is 5.78. The minimum Gasteiger partial charge on any atom is -0.446 e. The summed E-state index contributed by atoms with van der Waals surface area (Å²) in [5, 5.41) is 0. The molecule has 0 aliphatic heterocycles. The molecule has 0 aliphatic rings. The predicted octanol–water partition coefficient (Wildman–Crippen LogP) is 1.35. The van der Waals surface area contributed by atoms with Crippen LogP contribution in [0.5, 0.6) is 0 Å². The van der Waals surface area contributed by atoms with E-state index < -0.39 is 5.60 Å². The van der Waals surface area contributed by atoms with Crippen molar-refractivity contribution in [3.8, 4) is 12.3 Å². The SMILES string of the molecule is C#CC(C)(CC)OC(C)=O. The van der Waals surface area contributed by atoms with E-state index in [0.717, 1.165) is 0 Å². The molecule has 0 heterocycles. The van der Waals surface area contributed by atoms with E-state index in [4.69, 9.17) is 11.2 Å². The molecule has 10 heavy (non-hydrogen) atoms. The van der Waals surface area contributed by atoms with Crippen LogP contribution in [0.3, 0.4) is 0 Å². The van der Waals surface area contributed by atoms with Gasteiger partial charge in [-0.2, -0.15) is 0 Å². The molecule has 1 unspecified atom stereocenters. The van der Waals surface area contributed by atoms with Crippen LogP contribution in [0.1, 0.15) is 27.2 Å². The van der Waals surface area contributed by atoms with Gasteiger partial charge < -0.3 is 4.74 Å². The van der Waals surface area contributed by atoms with Crippen LogP contribution in [0, 0.1) is 12.3 Å². The maximum absolute atomic E-state index is 10.5. The highest BCUT2D eigenvalue weighted by atomic mass is 16.6. The van der Waals surface area contributed by atoms with Gasteiger partial charge in [-0.05, 0) is 13.3 Å². The second kappa shape index (κ2) is 3.26. The van der Waals surface area contributed by atoms with Crippen LogP contribution in [-0.4, -0.2) is 11.6 Å². The predicted molar refractivity (Wildman–Crippen MR) is 39.3 cm³/mol. The average Bonchev–Trinajstić information content (AvgIpc) is 1.87. The molecule has 0 spiro atoms. The van der Waals surface area contributed by atoms with E-state index in [2.05, 4.69) is 5.92 Å². The highest BCUT2D eigenvalue weighted by molar-refractivity contribution is 5.67. The Balaban J connectivity index is 4.10. The zero-order valence-electron chi connectivity index (χ0n) is 6.60. The lowest BCUT2D eigenvalue weighted by molar-refractivity contribution is -0.150. The van der Waals surface area contributed by atoms with Crippen molar-refractivity contribution >= 4 is 5.97 Å². The van der Waals surface area contributed by atoms with E-state index in [-0.39, 0.29) is 5.97 Å². The van der Waals surface area contributed by atoms with Crippen molar-refractivity contribution in [2.24, 2.45) is 0 Å². The van der Waals surface area contributed by atoms with Crippen molar-refractivity contribution in [2.75, 3.05) is 0 Å². The second-order valence-corrected chi connectivity index (χ2v) is 2.32. The first-order valence-electron chi connectivity index (χ1n) is 3.21.